The molecule has 0 saturated carbocycles. The van der Waals surface area contributed by atoms with Gasteiger partial charge in [0.25, 0.3) is 0 Å². The highest BCUT2D eigenvalue weighted by Crippen LogP contribution is 2.13. The number of carbonyl (C=O) groups excluding carboxylic acids is 1. The van der Waals surface area contributed by atoms with Gasteiger partial charge in [0, 0.05) is 19.2 Å². The molecule has 0 saturated heterocycles. The van der Waals surface area contributed by atoms with E-state index in [1.165, 1.54) is 0 Å². The summed E-state index contributed by atoms with van der Waals surface area (Å²) in [5.41, 5.74) is 7.53. The largest absolute Gasteiger partial charge is 0.497 e. The van der Waals surface area contributed by atoms with Crippen molar-refractivity contribution >= 4 is 11.7 Å². The van der Waals surface area contributed by atoms with E-state index in [1.54, 1.807) is 19.4 Å². The number of pyridine rings is 1. The second kappa shape index (κ2) is 7.40. The molecule has 3 N–H and O–H groups in total. The molecule has 0 aliphatic rings. The predicted molar refractivity (Wildman–Crippen MR) is 82.1 cm³/mol. The molecule has 0 atom stereocenters. The summed E-state index contributed by atoms with van der Waals surface area (Å²) in [7, 11) is 1.63. The Hall–Kier alpha value is -2.40. The van der Waals surface area contributed by atoms with Crippen molar-refractivity contribution in [1.82, 2.24) is 4.98 Å². The maximum absolute atomic E-state index is 11.9. The molecule has 1 heterocycles. The van der Waals surface area contributed by atoms with E-state index in [-0.39, 0.29) is 5.91 Å². The average molecular weight is 285 g/mol. The van der Waals surface area contributed by atoms with Crippen molar-refractivity contribution < 1.29 is 9.53 Å². The summed E-state index contributed by atoms with van der Waals surface area (Å²) in [6.45, 7) is 0.443. The van der Waals surface area contributed by atoms with Gasteiger partial charge < -0.3 is 15.8 Å². The second-order valence-corrected chi connectivity index (χ2v) is 4.65. The summed E-state index contributed by atoms with van der Waals surface area (Å²) in [4.78, 5) is 16.0. The van der Waals surface area contributed by atoms with Gasteiger partial charge in [-0.3, -0.25) is 4.79 Å². The number of nitrogens with zero attached hydrogens (tertiary/aromatic N) is 1. The third kappa shape index (κ3) is 4.57. The van der Waals surface area contributed by atoms with E-state index in [9.17, 15) is 4.79 Å². The van der Waals surface area contributed by atoms with Crippen molar-refractivity contribution in [1.29, 1.82) is 0 Å². The minimum absolute atomic E-state index is 0.0567. The fraction of sp³-hybridized carbons (Fsp3) is 0.250. The Labute approximate surface area is 124 Å². The molecule has 1 aromatic heterocycles. The lowest BCUT2D eigenvalue weighted by Crippen LogP contribution is -2.13. The molecule has 0 aliphatic heterocycles. The number of rotatable bonds is 6. The number of hydrogen-bond donors (Lipinski definition) is 2. The number of nitrogens with two attached hydrogens (primary N) is 1. The van der Waals surface area contributed by atoms with Gasteiger partial charge in [0.1, 0.15) is 11.6 Å². The fourth-order valence-electron chi connectivity index (χ4n) is 1.87. The Morgan fingerprint density at radius 2 is 1.90 bits per heavy atom. The van der Waals surface area contributed by atoms with Crippen LogP contribution >= 0.6 is 0 Å². The standard InChI is InChI=1S/C16H19N3O2/c1-21-14-6-2-12(3-7-14)5-9-16(20)19-15-8-4-13(10-17)11-18-15/h2-4,6-8,11H,5,9-10,17H2,1H3,(H,18,19,20). The number of carbonyl (C=O) groups is 1. The first kappa shape index (κ1) is 15.0. The number of ether oxygens (including phenoxy) is 1. The van der Waals surface area contributed by atoms with Crippen molar-refractivity contribution in [2.45, 2.75) is 19.4 Å². The highest BCUT2D eigenvalue weighted by Gasteiger charge is 2.04. The SMILES string of the molecule is COc1ccc(CCC(=O)Nc2ccc(CN)cn2)cc1. The van der Waals surface area contributed by atoms with Gasteiger partial charge in [-0.1, -0.05) is 18.2 Å². The summed E-state index contributed by atoms with van der Waals surface area (Å²) in [6, 6.07) is 11.3. The lowest BCUT2D eigenvalue weighted by atomic mass is 10.1. The number of methoxy groups -OCH3 is 1. The van der Waals surface area contributed by atoms with Crippen LogP contribution in [0.15, 0.2) is 42.6 Å². The molecule has 2 rings (SSSR count). The molecular formula is C16H19N3O2. The van der Waals surface area contributed by atoms with E-state index in [1.807, 2.05) is 30.3 Å². The average Bonchev–Trinajstić information content (AvgIpc) is 2.54. The van der Waals surface area contributed by atoms with Crippen LogP contribution < -0.4 is 15.8 Å². The Morgan fingerprint density at radius 3 is 2.48 bits per heavy atom. The van der Waals surface area contributed by atoms with Gasteiger partial charge >= 0.3 is 0 Å². The molecule has 2 aromatic rings. The summed E-state index contributed by atoms with van der Waals surface area (Å²) in [6.07, 6.45) is 2.75. The first-order chi connectivity index (χ1) is 10.2. The van der Waals surface area contributed by atoms with Crippen molar-refractivity contribution in [3.8, 4) is 5.75 Å². The Morgan fingerprint density at radius 1 is 1.19 bits per heavy atom. The number of hydrogen-bond acceptors (Lipinski definition) is 4. The Balaban J connectivity index is 1.83. The third-order valence-electron chi connectivity index (χ3n) is 3.13. The number of aryl methyl sites for hydroxylation is 1. The monoisotopic (exact) mass is 285 g/mol. The molecule has 0 bridgehead atoms. The molecule has 21 heavy (non-hydrogen) atoms. The highest BCUT2D eigenvalue weighted by atomic mass is 16.5. The first-order valence-corrected chi connectivity index (χ1v) is 6.79. The second-order valence-electron chi connectivity index (χ2n) is 4.65. The van der Waals surface area contributed by atoms with Crippen LogP contribution in [0.5, 0.6) is 5.75 Å². The van der Waals surface area contributed by atoms with Crippen molar-refractivity contribution in [2.75, 3.05) is 12.4 Å². The number of benzene rings is 1. The lowest BCUT2D eigenvalue weighted by molar-refractivity contribution is -0.116. The molecule has 0 spiro atoms. The summed E-state index contributed by atoms with van der Waals surface area (Å²) < 4.78 is 5.10. The van der Waals surface area contributed by atoms with Crippen LogP contribution in [0.4, 0.5) is 5.82 Å². The van der Waals surface area contributed by atoms with E-state index in [0.29, 0.717) is 25.2 Å². The maximum Gasteiger partial charge on any atom is 0.225 e. The van der Waals surface area contributed by atoms with Gasteiger partial charge in [0.2, 0.25) is 5.91 Å². The number of amides is 1. The summed E-state index contributed by atoms with van der Waals surface area (Å²) >= 11 is 0. The Kier molecular flexibility index (Phi) is 5.29. The van der Waals surface area contributed by atoms with E-state index >= 15 is 0 Å². The van der Waals surface area contributed by atoms with Crippen LogP contribution in [0.2, 0.25) is 0 Å². The zero-order chi connectivity index (χ0) is 15.1. The van der Waals surface area contributed by atoms with Crippen molar-refractivity contribution in [3.63, 3.8) is 0 Å². The van der Waals surface area contributed by atoms with E-state index in [4.69, 9.17) is 10.5 Å². The lowest BCUT2D eigenvalue weighted by Gasteiger charge is -2.06. The van der Waals surface area contributed by atoms with Gasteiger partial charge in [-0.2, -0.15) is 0 Å². The normalized spacial score (nSPS) is 10.2. The van der Waals surface area contributed by atoms with Crippen LogP contribution in [0.3, 0.4) is 0 Å². The highest BCUT2D eigenvalue weighted by molar-refractivity contribution is 5.89. The zero-order valence-electron chi connectivity index (χ0n) is 12.0. The molecule has 0 unspecified atom stereocenters. The van der Waals surface area contributed by atoms with Gasteiger partial charge in [-0.25, -0.2) is 4.98 Å². The number of anilines is 1. The molecule has 0 fully saturated rings. The van der Waals surface area contributed by atoms with Crippen LogP contribution in [-0.4, -0.2) is 18.0 Å². The summed E-state index contributed by atoms with van der Waals surface area (Å²) in [5.74, 6) is 1.30. The van der Waals surface area contributed by atoms with E-state index in [0.717, 1.165) is 16.9 Å². The zero-order valence-corrected chi connectivity index (χ0v) is 12.0. The number of nitrogens with one attached hydrogen (secondary N) is 1. The molecule has 1 amide bonds. The third-order valence-corrected chi connectivity index (χ3v) is 3.13. The minimum atomic E-state index is -0.0567. The molecule has 0 aliphatic carbocycles. The quantitative estimate of drug-likeness (QED) is 0.852. The molecule has 110 valence electrons. The number of aromatic nitrogens is 1. The van der Waals surface area contributed by atoms with Gasteiger partial charge in [0.05, 0.1) is 7.11 Å². The first-order valence-electron chi connectivity index (χ1n) is 6.79. The van der Waals surface area contributed by atoms with Crippen molar-refractivity contribution in [3.05, 3.63) is 53.7 Å². The topological polar surface area (TPSA) is 77.2 Å². The molecule has 1 aromatic carbocycles. The van der Waals surface area contributed by atoms with Crippen LogP contribution in [0, 0.1) is 0 Å². The van der Waals surface area contributed by atoms with Crippen molar-refractivity contribution in [2.24, 2.45) is 5.73 Å². The van der Waals surface area contributed by atoms with E-state index < -0.39 is 0 Å². The maximum atomic E-state index is 11.9. The molecular weight excluding hydrogens is 266 g/mol. The molecule has 5 nitrogen and oxygen atoms in total. The van der Waals surface area contributed by atoms with Gasteiger partial charge in [-0.05, 0) is 35.7 Å². The fourth-order valence-corrected chi connectivity index (χ4v) is 1.87. The van der Waals surface area contributed by atoms with Crippen LogP contribution in [0.25, 0.3) is 0 Å². The molecule has 5 heteroatoms. The minimum Gasteiger partial charge on any atom is -0.497 e. The summed E-state index contributed by atoms with van der Waals surface area (Å²) in [5, 5.41) is 2.77. The van der Waals surface area contributed by atoms with Gasteiger partial charge in [0.15, 0.2) is 0 Å². The smallest absolute Gasteiger partial charge is 0.225 e. The van der Waals surface area contributed by atoms with Gasteiger partial charge in [-0.15, -0.1) is 0 Å². The predicted octanol–water partition coefficient (Wildman–Crippen LogP) is 2.12. The molecule has 0 radical (unpaired) electrons. The van der Waals surface area contributed by atoms with Crippen LogP contribution in [-0.2, 0) is 17.8 Å². The van der Waals surface area contributed by atoms with E-state index in [2.05, 4.69) is 10.3 Å². The Bertz CT molecular complexity index is 579. The van der Waals surface area contributed by atoms with Crippen LogP contribution in [0.1, 0.15) is 17.5 Å².